The predicted molar refractivity (Wildman–Crippen MR) is 79.9 cm³/mol. The fourth-order valence-corrected chi connectivity index (χ4v) is 2.87. The van der Waals surface area contributed by atoms with Crippen molar-refractivity contribution in [1.82, 2.24) is 0 Å². The maximum absolute atomic E-state index is 13.1. The van der Waals surface area contributed by atoms with E-state index in [1.54, 1.807) is 0 Å². The SMILES string of the molecule is Fc1cc(C#Cc2ccc(C3CCCC3)cc2)cc(F)c1F. The van der Waals surface area contributed by atoms with Gasteiger partial charge in [-0.2, -0.15) is 0 Å². The predicted octanol–water partition coefficient (Wildman–Crippen LogP) is 5.16. The van der Waals surface area contributed by atoms with Crippen LogP contribution < -0.4 is 0 Å². The molecule has 22 heavy (non-hydrogen) atoms. The molecule has 0 aromatic heterocycles. The lowest BCUT2D eigenvalue weighted by atomic mass is 9.97. The Balaban J connectivity index is 1.79. The van der Waals surface area contributed by atoms with E-state index in [0.29, 0.717) is 5.92 Å². The van der Waals surface area contributed by atoms with Crippen LogP contribution in [0.1, 0.15) is 48.3 Å². The van der Waals surface area contributed by atoms with E-state index in [-0.39, 0.29) is 5.56 Å². The van der Waals surface area contributed by atoms with Crippen molar-refractivity contribution in [3.63, 3.8) is 0 Å². The lowest BCUT2D eigenvalue weighted by Crippen LogP contribution is -1.92. The molecular formula is C19H15F3. The molecule has 2 aromatic carbocycles. The smallest absolute Gasteiger partial charge is 0.194 e. The van der Waals surface area contributed by atoms with Crippen molar-refractivity contribution >= 4 is 0 Å². The molecule has 112 valence electrons. The van der Waals surface area contributed by atoms with Gasteiger partial charge in [-0.1, -0.05) is 36.8 Å². The average molecular weight is 300 g/mol. The van der Waals surface area contributed by atoms with Gasteiger partial charge in [-0.05, 0) is 48.6 Å². The maximum Gasteiger partial charge on any atom is 0.194 e. The summed E-state index contributed by atoms with van der Waals surface area (Å²) >= 11 is 0. The highest BCUT2D eigenvalue weighted by atomic mass is 19.2. The molecular weight excluding hydrogens is 285 g/mol. The van der Waals surface area contributed by atoms with Crippen molar-refractivity contribution in [2.24, 2.45) is 0 Å². The normalized spacial score (nSPS) is 14.7. The van der Waals surface area contributed by atoms with E-state index in [1.165, 1.54) is 31.2 Å². The lowest BCUT2D eigenvalue weighted by molar-refractivity contribution is 0.446. The molecule has 0 aliphatic heterocycles. The van der Waals surface area contributed by atoms with Crippen LogP contribution in [-0.4, -0.2) is 0 Å². The summed E-state index contributed by atoms with van der Waals surface area (Å²) in [7, 11) is 0. The lowest BCUT2D eigenvalue weighted by Gasteiger charge is -2.08. The van der Waals surface area contributed by atoms with Gasteiger partial charge in [-0.3, -0.25) is 0 Å². The summed E-state index contributed by atoms with van der Waals surface area (Å²) in [5.41, 5.74) is 2.21. The third-order valence-corrected chi connectivity index (χ3v) is 4.07. The van der Waals surface area contributed by atoms with E-state index in [9.17, 15) is 13.2 Å². The number of hydrogen-bond donors (Lipinski definition) is 0. The quantitative estimate of drug-likeness (QED) is 0.504. The number of benzene rings is 2. The zero-order valence-corrected chi connectivity index (χ0v) is 12.0. The summed E-state index contributed by atoms with van der Waals surface area (Å²) in [6.07, 6.45) is 5.04. The van der Waals surface area contributed by atoms with Gasteiger partial charge >= 0.3 is 0 Å². The Morgan fingerprint density at radius 1 is 0.773 bits per heavy atom. The molecule has 0 heterocycles. The molecule has 1 aliphatic carbocycles. The van der Waals surface area contributed by atoms with Gasteiger partial charge in [0.05, 0.1) is 0 Å². The summed E-state index contributed by atoms with van der Waals surface area (Å²) < 4.78 is 39.1. The Bertz CT molecular complexity index is 707. The number of hydrogen-bond acceptors (Lipinski definition) is 0. The van der Waals surface area contributed by atoms with Gasteiger partial charge in [0, 0.05) is 11.1 Å². The van der Waals surface area contributed by atoms with E-state index in [2.05, 4.69) is 24.0 Å². The molecule has 1 saturated carbocycles. The highest BCUT2D eigenvalue weighted by Crippen LogP contribution is 2.33. The van der Waals surface area contributed by atoms with Crippen molar-refractivity contribution in [2.45, 2.75) is 31.6 Å². The first-order valence-electron chi connectivity index (χ1n) is 7.40. The molecule has 1 aliphatic rings. The topological polar surface area (TPSA) is 0 Å². The van der Waals surface area contributed by atoms with E-state index in [0.717, 1.165) is 17.7 Å². The van der Waals surface area contributed by atoms with E-state index in [4.69, 9.17) is 0 Å². The van der Waals surface area contributed by atoms with Crippen LogP contribution in [0.2, 0.25) is 0 Å². The maximum atomic E-state index is 13.1. The second-order valence-corrected chi connectivity index (χ2v) is 5.61. The first-order chi connectivity index (χ1) is 10.6. The summed E-state index contributed by atoms with van der Waals surface area (Å²) in [5.74, 6) is 2.24. The van der Waals surface area contributed by atoms with Crippen LogP contribution in [0.25, 0.3) is 0 Å². The Morgan fingerprint density at radius 2 is 1.32 bits per heavy atom. The number of rotatable bonds is 1. The minimum absolute atomic E-state index is 0.122. The minimum Gasteiger partial charge on any atom is -0.204 e. The Hall–Kier alpha value is -2.21. The molecule has 0 atom stereocenters. The molecule has 0 radical (unpaired) electrons. The summed E-state index contributed by atoms with van der Waals surface area (Å²) in [6, 6.07) is 9.75. The van der Waals surface area contributed by atoms with Crippen LogP contribution in [0.15, 0.2) is 36.4 Å². The zero-order chi connectivity index (χ0) is 15.5. The summed E-state index contributed by atoms with van der Waals surface area (Å²) in [4.78, 5) is 0. The van der Waals surface area contributed by atoms with Crippen molar-refractivity contribution < 1.29 is 13.2 Å². The molecule has 3 heteroatoms. The Labute approximate surface area is 128 Å². The molecule has 0 bridgehead atoms. The Kier molecular flexibility index (Phi) is 4.20. The van der Waals surface area contributed by atoms with E-state index < -0.39 is 17.5 Å². The second-order valence-electron chi connectivity index (χ2n) is 5.61. The molecule has 0 unspecified atom stereocenters. The van der Waals surface area contributed by atoms with Gasteiger partial charge in [0.1, 0.15) is 0 Å². The highest BCUT2D eigenvalue weighted by molar-refractivity contribution is 5.44. The summed E-state index contributed by atoms with van der Waals surface area (Å²) in [6.45, 7) is 0. The van der Waals surface area contributed by atoms with Crippen molar-refractivity contribution in [2.75, 3.05) is 0 Å². The Morgan fingerprint density at radius 3 is 1.91 bits per heavy atom. The molecule has 1 fully saturated rings. The molecule has 0 spiro atoms. The molecule has 3 rings (SSSR count). The minimum atomic E-state index is -1.47. The van der Waals surface area contributed by atoms with Crippen LogP contribution >= 0.6 is 0 Å². The van der Waals surface area contributed by atoms with Crippen LogP contribution in [0.5, 0.6) is 0 Å². The molecule has 0 nitrogen and oxygen atoms in total. The molecule has 2 aromatic rings. The monoisotopic (exact) mass is 300 g/mol. The number of halogens is 3. The van der Waals surface area contributed by atoms with Crippen molar-refractivity contribution in [3.05, 3.63) is 70.5 Å². The molecule has 0 saturated heterocycles. The first kappa shape index (κ1) is 14.7. The second kappa shape index (κ2) is 6.27. The molecule has 0 N–H and O–H groups in total. The average Bonchev–Trinajstić information content (AvgIpc) is 3.05. The van der Waals surface area contributed by atoms with Crippen molar-refractivity contribution in [3.8, 4) is 11.8 Å². The third kappa shape index (κ3) is 3.17. The standard InChI is InChI=1S/C19H15F3/c20-17-11-14(12-18(21)19(17)22)6-5-13-7-9-16(10-8-13)15-3-1-2-4-15/h7-12,15H,1-4H2. The van der Waals surface area contributed by atoms with Gasteiger partial charge in [-0.15, -0.1) is 0 Å². The fourth-order valence-electron chi connectivity index (χ4n) is 2.87. The van der Waals surface area contributed by atoms with E-state index >= 15 is 0 Å². The van der Waals surface area contributed by atoms with Gasteiger partial charge in [0.25, 0.3) is 0 Å². The van der Waals surface area contributed by atoms with Crippen molar-refractivity contribution in [1.29, 1.82) is 0 Å². The van der Waals surface area contributed by atoms with Gasteiger partial charge in [0.15, 0.2) is 17.5 Å². The zero-order valence-electron chi connectivity index (χ0n) is 12.0. The van der Waals surface area contributed by atoms with Gasteiger partial charge in [-0.25, -0.2) is 13.2 Å². The summed E-state index contributed by atoms with van der Waals surface area (Å²) in [5, 5.41) is 0. The third-order valence-electron chi connectivity index (χ3n) is 4.07. The highest BCUT2D eigenvalue weighted by Gasteiger charge is 2.16. The largest absolute Gasteiger partial charge is 0.204 e. The fraction of sp³-hybridized carbons (Fsp3) is 0.263. The van der Waals surface area contributed by atoms with Gasteiger partial charge in [0.2, 0.25) is 0 Å². The van der Waals surface area contributed by atoms with E-state index in [1.807, 2.05) is 12.1 Å². The van der Waals surface area contributed by atoms with Crippen LogP contribution in [-0.2, 0) is 0 Å². The molecule has 0 amide bonds. The van der Waals surface area contributed by atoms with Crippen LogP contribution in [0.3, 0.4) is 0 Å². The first-order valence-corrected chi connectivity index (χ1v) is 7.40. The van der Waals surface area contributed by atoms with Crippen LogP contribution in [0.4, 0.5) is 13.2 Å². The van der Waals surface area contributed by atoms with Gasteiger partial charge < -0.3 is 0 Å². The van der Waals surface area contributed by atoms with Crippen LogP contribution in [0, 0.1) is 29.3 Å².